The van der Waals surface area contributed by atoms with Gasteiger partial charge in [0.15, 0.2) is 23.2 Å². The highest BCUT2D eigenvalue weighted by molar-refractivity contribution is 6.35. The van der Waals surface area contributed by atoms with E-state index in [2.05, 4.69) is 21.3 Å². The molecule has 232 valence electrons. The van der Waals surface area contributed by atoms with Crippen molar-refractivity contribution in [1.29, 1.82) is 0 Å². The van der Waals surface area contributed by atoms with E-state index in [9.17, 15) is 41.5 Å². The second-order valence-corrected chi connectivity index (χ2v) is 11.1. The second kappa shape index (κ2) is 15.0. The van der Waals surface area contributed by atoms with Gasteiger partial charge in [0.2, 0.25) is 23.4 Å². The molecule has 0 spiro atoms. The van der Waals surface area contributed by atoms with Crippen molar-refractivity contribution in [3.8, 4) is 5.75 Å². The van der Waals surface area contributed by atoms with Gasteiger partial charge in [-0.15, -0.1) is 0 Å². The Balaban J connectivity index is 1.73. The standard InChI is InChI=1S/C28H36F4N4O6/c1-14(2)10-20(36-28(41)27(40)34-16-6-4-3-5-7-16)26(39)35-19(11-15-8-9-33-25(15)38)21(37)13-42-24-22(31)17(29)12-18(30)23(24)32/h12,14-16,19-20H,3-11,13H2,1-2H3,(H,33,38)(H,34,40)(H,35,39)(H,36,41). The smallest absolute Gasteiger partial charge is 0.309 e. The van der Waals surface area contributed by atoms with Crippen LogP contribution in [-0.4, -0.2) is 60.7 Å². The van der Waals surface area contributed by atoms with Gasteiger partial charge >= 0.3 is 11.8 Å². The zero-order valence-electron chi connectivity index (χ0n) is 23.5. The molecule has 1 saturated carbocycles. The number of ether oxygens (including phenoxy) is 1. The van der Waals surface area contributed by atoms with Crippen LogP contribution in [0.15, 0.2) is 6.07 Å². The van der Waals surface area contributed by atoms with Crippen molar-refractivity contribution in [2.75, 3.05) is 13.2 Å². The average Bonchev–Trinajstić information content (AvgIpc) is 3.35. The predicted molar refractivity (Wildman–Crippen MR) is 141 cm³/mol. The highest BCUT2D eigenvalue weighted by atomic mass is 19.2. The summed E-state index contributed by atoms with van der Waals surface area (Å²) in [4.78, 5) is 63.7. The lowest BCUT2D eigenvalue weighted by molar-refractivity contribution is -0.141. The van der Waals surface area contributed by atoms with Crippen LogP contribution < -0.4 is 26.0 Å². The monoisotopic (exact) mass is 600 g/mol. The predicted octanol–water partition coefficient (Wildman–Crippen LogP) is 2.18. The SMILES string of the molecule is CC(C)CC(NC(=O)C(=O)NC1CCCCC1)C(=O)NC(CC1CCNC1=O)C(=O)COc1c(F)c(F)cc(F)c1F. The van der Waals surface area contributed by atoms with Gasteiger partial charge in [-0.2, -0.15) is 8.78 Å². The van der Waals surface area contributed by atoms with E-state index in [1.165, 1.54) is 0 Å². The number of hydrogen-bond acceptors (Lipinski definition) is 6. The van der Waals surface area contributed by atoms with Crippen LogP contribution in [-0.2, 0) is 24.0 Å². The summed E-state index contributed by atoms with van der Waals surface area (Å²) in [6.45, 7) is 2.78. The molecule has 4 N–H and O–H groups in total. The first-order valence-corrected chi connectivity index (χ1v) is 14.0. The van der Waals surface area contributed by atoms with Crippen LogP contribution in [0.3, 0.4) is 0 Å². The number of hydrogen-bond donors (Lipinski definition) is 4. The maximum atomic E-state index is 14.0. The summed E-state index contributed by atoms with van der Waals surface area (Å²) in [7, 11) is 0. The van der Waals surface area contributed by atoms with E-state index in [0.717, 1.165) is 32.1 Å². The molecule has 3 rings (SSSR count). The number of nitrogens with one attached hydrogen (secondary N) is 4. The molecule has 3 atom stereocenters. The van der Waals surface area contributed by atoms with Gasteiger partial charge < -0.3 is 26.0 Å². The summed E-state index contributed by atoms with van der Waals surface area (Å²) in [6, 6.07) is -2.83. The Bertz CT molecular complexity index is 1170. The first kappa shape index (κ1) is 32.8. The highest BCUT2D eigenvalue weighted by Crippen LogP contribution is 2.27. The number of benzene rings is 1. The fraction of sp³-hybridized carbons (Fsp3) is 0.607. The second-order valence-electron chi connectivity index (χ2n) is 11.1. The molecular weight excluding hydrogens is 564 g/mol. The minimum absolute atomic E-state index is 0.0142. The van der Waals surface area contributed by atoms with E-state index in [4.69, 9.17) is 4.74 Å². The first-order chi connectivity index (χ1) is 19.9. The van der Waals surface area contributed by atoms with Gasteiger partial charge in [-0.1, -0.05) is 33.1 Å². The summed E-state index contributed by atoms with van der Waals surface area (Å²) >= 11 is 0. The Morgan fingerprint density at radius 2 is 1.57 bits per heavy atom. The molecule has 2 fully saturated rings. The molecule has 10 nitrogen and oxygen atoms in total. The van der Waals surface area contributed by atoms with Crippen molar-refractivity contribution < 1.29 is 46.3 Å². The number of rotatable bonds is 12. The van der Waals surface area contributed by atoms with Crippen LogP contribution >= 0.6 is 0 Å². The fourth-order valence-electron chi connectivity index (χ4n) is 5.04. The van der Waals surface area contributed by atoms with E-state index in [1.807, 2.05) is 0 Å². The number of Topliss-reactive ketones (excluding diaryl/α,β-unsaturated/α-hetero) is 1. The lowest BCUT2D eigenvalue weighted by atomic mass is 9.95. The molecular formula is C28H36F4N4O6. The lowest BCUT2D eigenvalue weighted by Gasteiger charge is -2.26. The zero-order chi connectivity index (χ0) is 31.0. The Morgan fingerprint density at radius 1 is 0.929 bits per heavy atom. The van der Waals surface area contributed by atoms with Crippen LogP contribution in [0.2, 0.25) is 0 Å². The number of halogens is 4. The molecule has 0 aromatic heterocycles. The van der Waals surface area contributed by atoms with Crippen molar-refractivity contribution in [2.45, 2.75) is 83.3 Å². The molecule has 2 aliphatic rings. The van der Waals surface area contributed by atoms with Gasteiger partial charge in [0.1, 0.15) is 12.6 Å². The molecule has 4 amide bonds. The topological polar surface area (TPSA) is 143 Å². The Labute approximate surface area is 240 Å². The lowest BCUT2D eigenvalue weighted by Crippen LogP contribution is -2.56. The normalized spacial score (nSPS) is 18.6. The molecule has 1 heterocycles. The van der Waals surface area contributed by atoms with Gasteiger partial charge in [-0.3, -0.25) is 24.0 Å². The van der Waals surface area contributed by atoms with E-state index >= 15 is 0 Å². The van der Waals surface area contributed by atoms with Gasteiger partial charge in [0.25, 0.3) is 0 Å². The van der Waals surface area contributed by atoms with Crippen molar-refractivity contribution >= 4 is 29.4 Å². The third-order valence-electron chi connectivity index (χ3n) is 7.29. The highest BCUT2D eigenvalue weighted by Gasteiger charge is 2.34. The Hall–Kier alpha value is -3.71. The van der Waals surface area contributed by atoms with Crippen LogP contribution in [0.25, 0.3) is 0 Å². The number of ketones is 1. The third-order valence-corrected chi connectivity index (χ3v) is 7.29. The van der Waals surface area contributed by atoms with Crippen LogP contribution in [0.4, 0.5) is 17.6 Å². The van der Waals surface area contributed by atoms with E-state index < -0.39 is 77.1 Å². The molecule has 1 aromatic carbocycles. The molecule has 14 heteroatoms. The zero-order valence-corrected chi connectivity index (χ0v) is 23.5. The molecule has 1 aliphatic heterocycles. The molecule has 1 aliphatic carbocycles. The molecule has 0 radical (unpaired) electrons. The van der Waals surface area contributed by atoms with E-state index in [0.29, 0.717) is 13.0 Å². The number of carbonyl (C=O) groups excluding carboxylic acids is 5. The minimum atomic E-state index is -1.84. The Kier molecular flexibility index (Phi) is 11.7. The fourth-order valence-corrected chi connectivity index (χ4v) is 5.04. The van der Waals surface area contributed by atoms with Crippen molar-refractivity contribution in [3.63, 3.8) is 0 Å². The van der Waals surface area contributed by atoms with Crippen molar-refractivity contribution in [2.24, 2.45) is 11.8 Å². The summed E-state index contributed by atoms with van der Waals surface area (Å²) in [5.41, 5.74) is 0. The molecule has 3 unspecified atom stereocenters. The van der Waals surface area contributed by atoms with Crippen LogP contribution in [0.1, 0.15) is 65.2 Å². The van der Waals surface area contributed by atoms with Crippen molar-refractivity contribution in [3.05, 3.63) is 29.3 Å². The number of amides is 4. The van der Waals surface area contributed by atoms with E-state index in [-0.39, 0.29) is 36.8 Å². The molecule has 42 heavy (non-hydrogen) atoms. The summed E-state index contributed by atoms with van der Waals surface area (Å²) in [5, 5.41) is 10.1. The van der Waals surface area contributed by atoms with Crippen molar-refractivity contribution in [1.82, 2.24) is 21.3 Å². The molecule has 1 aromatic rings. The largest absolute Gasteiger partial charge is 0.479 e. The average molecular weight is 601 g/mol. The van der Waals surface area contributed by atoms with E-state index in [1.54, 1.807) is 13.8 Å². The number of carbonyl (C=O) groups is 5. The van der Waals surface area contributed by atoms with Gasteiger partial charge in [-0.25, -0.2) is 8.78 Å². The Morgan fingerprint density at radius 3 is 2.14 bits per heavy atom. The summed E-state index contributed by atoms with van der Waals surface area (Å²) in [5.74, 6) is -13.5. The summed E-state index contributed by atoms with van der Waals surface area (Å²) in [6.07, 6.45) is 4.60. The van der Waals surface area contributed by atoms with Crippen LogP contribution in [0.5, 0.6) is 5.75 Å². The maximum absolute atomic E-state index is 14.0. The molecule has 0 bridgehead atoms. The van der Waals surface area contributed by atoms with Crippen LogP contribution in [0, 0.1) is 35.1 Å². The first-order valence-electron chi connectivity index (χ1n) is 14.0. The van der Waals surface area contributed by atoms with Gasteiger partial charge in [0, 0.05) is 24.6 Å². The van der Waals surface area contributed by atoms with Gasteiger partial charge in [0.05, 0.1) is 6.04 Å². The minimum Gasteiger partial charge on any atom is -0.479 e. The summed E-state index contributed by atoms with van der Waals surface area (Å²) < 4.78 is 60.0. The third kappa shape index (κ3) is 8.89. The molecule has 1 saturated heterocycles. The quantitative estimate of drug-likeness (QED) is 0.165. The maximum Gasteiger partial charge on any atom is 0.309 e. The van der Waals surface area contributed by atoms with Gasteiger partial charge in [-0.05, 0) is 38.0 Å².